The molecular weight excluding hydrogens is 226 g/mol. The summed E-state index contributed by atoms with van der Waals surface area (Å²) in [6.07, 6.45) is 2.41. The van der Waals surface area contributed by atoms with Crippen LogP contribution in [0, 0.1) is 5.92 Å². The lowest BCUT2D eigenvalue weighted by Crippen LogP contribution is -2.27. The minimum absolute atomic E-state index is 0.0808. The van der Waals surface area contributed by atoms with E-state index in [2.05, 4.69) is 11.6 Å². The molecule has 0 aromatic heterocycles. The predicted octanol–water partition coefficient (Wildman–Crippen LogP) is 0.619. The molecule has 2 unspecified atom stereocenters. The van der Waals surface area contributed by atoms with Crippen LogP contribution in [0.5, 0.6) is 0 Å². The van der Waals surface area contributed by atoms with Crippen molar-refractivity contribution in [3.63, 3.8) is 0 Å². The number of carbonyl (C=O) groups is 2. The van der Waals surface area contributed by atoms with Crippen LogP contribution < -0.4 is 0 Å². The summed E-state index contributed by atoms with van der Waals surface area (Å²) in [4.78, 5) is 35.2. The van der Waals surface area contributed by atoms with Crippen molar-refractivity contribution in [2.24, 2.45) is 10.9 Å². The number of nitrogens with zero attached hydrogens (tertiary/aromatic N) is 1. The first-order chi connectivity index (χ1) is 8.01. The Labute approximate surface area is 99.3 Å². The molecule has 0 aromatic carbocycles. The van der Waals surface area contributed by atoms with Gasteiger partial charge in [-0.2, -0.15) is 4.99 Å². The van der Waals surface area contributed by atoms with Gasteiger partial charge in [0.15, 0.2) is 0 Å². The summed E-state index contributed by atoms with van der Waals surface area (Å²) >= 11 is 0. The number of esters is 2. The fraction of sp³-hybridized carbons (Fsp3) is 0.545. The van der Waals surface area contributed by atoms with E-state index in [4.69, 9.17) is 9.47 Å². The van der Waals surface area contributed by atoms with Gasteiger partial charge in [0.25, 0.3) is 0 Å². The van der Waals surface area contributed by atoms with Gasteiger partial charge in [-0.3, -0.25) is 4.79 Å². The maximum absolute atomic E-state index is 10.8. The Bertz CT molecular complexity index is 333. The normalized spacial score (nSPS) is 12.8. The highest BCUT2D eigenvalue weighted by molar-refractivity contribution is 5.81. The van der Waals surface area contributed by atoms with Gasteiger partial charge in [-0.1, -0.05) is 13.5 Å². The fourth-order valence-electron chi connectivity index (χ4n) is 0.983. The molecule has 6 nitrogen and oxygen atoms in total. The highest BCUT2D eigenvalue weighted by atomic mass is 16.5. The number of isocyanates is 1. The average Bonchev–Trinajstić information content (AvgIpc) is 2.30. The molecule has 0 bridgehead atoms. The zero-order valence-electron chi connectivity index (χ0n) is 9.84. The Kier molecular flexibility index (Phi) is 7.30. The van der Waals surface area contributed by atoms with E-state index >= 15 is 0 Å². The van der Waals surface area contributed by atoms with Crippen molar-refractivity contribution in [3.05, 3.63) is 12.7 Å². The average molecular weight is 241 g/mol. The molecule has 0 amide bonds. The maximum Gasteiger partial charge on any atom is 0.330 e. The van der Waals surface area contributed by atoms with Crippen LogP contribution in [0.15, 0.2) is 17.6 Å². The Morgan fingerprint density at radius 3 is 2.53 bits per heavy atom. The number of aliphatic imine (C=N–C) groups is 1. The number of hydrogen-bond acceptors (Lipinski definition) is 6. The van der Waals surface area contributed by atoms with Crippen molar-refractivity contribution in [1.29, 1.82) is 0 Å². The summed E-state index contributed by atoms with van der Waals surface area (Å²) in [5, 5.41) is 0. The second-order valence-corrected chi connectivity index (χ2v) is 3.40. The van der Waals surface area contributed by atoms with Crippen LogP contribution in [0.4, 0.5) is 0 Å². The largest absolute Gasteiger partial charge is 0.466 e. The number of ether oxygens (including phenoxy) is 2. The molecule has 94 valence electrons. The molecule has 0 saturated carbocycles. The van der Waals surface area contributed by atoms with Crippen LogP contribution in [0.25, 0.3) is 0 Å². The van der Waals surface area contributed by atoms with E-state index in [1.165, 1.54) is 13.0 Å². The molecule has 0 aliphatic carbocycles. The Morgan fingerprint density at radius 2 is 2.06 bits per heavy atom. The van der Waals surface area contributed by atoms with Gasteiger partial charge in [0, 0.05) is 18.9 Å². The molecule has 0 aromatic rings. The monoisotopic (exact) mass is 241 g/mol. The highest BCUT2D eigenvalue weighted by Gasteiger charge is 2.19. The van der Waals surface area contributed by atoms with E-state index in [1.807, 2.05) is 0 Å². The van der Waals surface area contributed by atoms with Crippen LogP contribution in [-0.4, -0.2) is 37.3 Å². The SMILES string of the molecule is C=CC(=O)OCC(N=C=O)C(C)COC(C)=O. The lowest BCUT2D eigenvalue weighted by atomic mass is 10.0. The third-order valence-corrected chi connectivity index (χ3v) is 1.99. The quantitative estimate of drug-likeness (QED) is 0.282. The third-order valence-electron chi connectivity index (χ3n) is 1.99. The van der Waals surface area contributed by atoms with E-state index in [0.29, 0.717) is 0 Å². The van der Waals surface area contributed by atoms with Crippen molar-refractivity contribution < 1.29 is 23.9 Å². The summed E-state index contributed by atoms with van der Waals surface area (Å²) in [6, 6.07) is -0.587. The first-order valence-corrected chi connectivity index (χ1v) is 5.00. The Morgan fingerprint density at radius 1 is 1.41 bits per heavy atom. The molecule has 2 atom stereocenters. The topological polar surface area (TPSA) is 82.0 Å². The van der Waals surface area contributed by atoms with Crippen molar-refractivity contribution in [2.45, 2.75) is 19.9 Å². The smallest absolute Gasteiger partial charge is 0.330 e. The molecule has 0 aliphatic heterocycles. The highest BCUT2D eigenvalue weighted by Crippen LogP contribution is 2.08. The van der Waals surface area contributed by atoms with Crippen LogP contribution in [0.3, 0.4) is 0 Å². The van der Waals surface area contributed by atoms with Crippen molar-refractivity contribution >= 4 is 18.0 Å². The molecule has 0 heterocycles. The van der Waals surface area contributed by atoms with Gasteiger partial charge in [0.2, 0.25) is 6.08 Å². The van der Waals surface area contributed by atoms with Crippen molar-refractivity contribution in [3.8, 4) is 0 Å². The first kappa shape index (κ1) is 15.1. The second kappa shape index (κ2) is 8.24. The summed E-state index contributed by atoms with van der Waals surface area (Å²) in [5.74, 6) is -1.28. The van der Waals surface area contributed by atoms with Gasteiger partial charge in [-0.25, -0.2) is 9.59 Å². The summed E-state index contributed by atoms with van der Waals surface area (Å²) in [5.41, 5.74) is 0. The molecule has 0 saturated heterocycles. The summed E-state index contributed by atoms with van der Waals surface area (Å²) in [6.45, 7) is 6.25. The lowest BCUT2D eigenvalue weighted by molar-refractivity contribution is -0.144. The summed E-state index contributed by atoms with van der Waals surface area (Å²) < 4.78 is 9.54. The molecule has 0 aliphatic rings. The molecule has 0 N–H and O–H groups in total. The van der Waals surface area contributed by atoms with Crippen LogP contribution in [-0.2, 0) is 23.9 Å². The lowest BCUT2D eigenvalue weighted by Gasteiger charge is -2.17. The van der Waals surface area contributed by atoms with Gasteiger partial charge in [0.05, 0.1) is 6.61 Å². The van der Waals surface area contributed by atoms with E-state index in [1.54, 1.807) is 6.92 Å². The Balaban J connectivity index is 4.29. The van der Waals surface area contributed by atoms with Crippen molar-refractivity contribution in [2.75, 3.05) is 13.2 Å². The van der Waals surface area contributed by atoms with Crippen molar-refractivity contribution in [1.82, 2.24) is 0 Å². The standard InChI is InChI=1S/C11H15NO5/c1-4-11(15)17-6-10(12-7-13)8(2)5-16-9(3)14/h4,8,10H,1,5-6H2,2-3H3. The van der Waals surface area contributed by atoms with E-state index in [0.717, 1.165) is 6.08 Å². The van der Waals surface area contributed by atoms with E-state index in [9.17, 15) is 14.4 Å². The van der Waals surface area contributed by atoms with Crippen LogP contribution in [0.2, 0.25) is 0 Å². The van der Waals surface area contributed by atoms with Gasteiger partial charge in [-0.05, 0) is 0 Å². The zero-order valence-corrected chi connectivity index (χ0v) is 9.84. The zero-order chi connectivity index (χ0) is 13.3. The van der Waals surface area contributed by atoms with Gasteiger partial charge < -0.3 is 9.47 Å². The van der Waals surface area contributed by atoms with Gasteiger partial charge >= 0.3 is 11.9 Å². The van der Waals surface area contributed by atoms with E-state index < -0.39 is 18.0 Å². The second-order valence-electron chi connectivity index (χ2n) is 3.40. The van der Waals surface area contributed by atoms with Gasteiger partial charge in [0.1, 0.15) is 12.6 Å². The Hall–Kier alpha value is -1.94. The minimum atomic E-state index is -0.601. The molecule has 0 spiro atoms. The summed E-state index contributed by atoms with van der Waals surface area (Å²) in [7, 11) is 0. The van der Waals surface area contributed by atoms with E-state index in [-0.39, 0.29) is 19.1 Å². The molecule has 0 fully saturated rings. The van der Waals surface area contributed by atoms with Gasteiger partial charge in [-0.15, -0.1) is 0 Å². The first-order valence-electron chi connectivity index (χ1n) is 5.00. The van der Waals surface area contributed by atoms with Crippen LogP contribution >= 0.6 is 0 Å². The minimum Gasteiger partial charge on any atom is -0.466 e. The fourth-order valence-corrected chi connectivity index (χ4v) is 0.983. The van der Waals surface area contributed by atoms with Crippen LogP contribution in [0.1, 0.15) is 13.8 Å². The molecule has 0 rings (SSSR count). The predicted molar refractivity (Wildman–Crippen MR) is 58.9 cm³/mol. The number of hydrogen-bond donors (Lipinski definition) is 0. The molecule has 6 heteroatoms. The number of carbonyl (C=O) groups excluding carboxylic acids is 3. The maximum atomic E-state index is 10.8. The molecule has 0 radical (unpaired) electrons. The molecular formula is C11H15NO5. The molecule has 17 heavy (non-hydrogen) atoms. The number of rotatable bonds is 7. The third kappa shape index (κ3) is 7.03.